The van der Waals surface area contributed by atoms with E-state index in [0.29, 0.717) is 11.3 Å². The van der Waals surface area contributed by atoms with Crippen molar-refractivity contribution in [2.45, 2.75) is 32.4 Å². The number of rotatable bonds is 4. The van der Waals surface area contributed by atoms with Gasteiger partial charge in [0.25, 0.3) is 0 Å². The predicted molar refractivity (Wildman–Crippen MR) is 107 cm³/mol. The SMILES string of the molecule is Cc1cn2c(n1)CCC(NC(=O)/C=C/c1ccc(-n3cc(Br)cn3)c(F)c1)C2. The van der Waals surface area contributed by atoms with E-state index >= 15 is 0 Å². The van der Waals surface area contributed by atoms with Crippen molar-refractivity contribution >= 4 is 27.9 Å². The minimum Gasteiger partial charge on any atom is -0.348 e. The minimum absolute atomic E-state index is 0.0654. The highest BCUT2D eigenvalue weighted by Gasteiger charge is 2.20. The molecule has 8 heteroatoms. The first kappa shape index (κ1) is 18.6. The number of aryl methyl sites for hydroxylation is 2. The van der Waals surface area contributed by atoms with E-state index in [1.807, 2.05) is 13.1 Å². The van der Waals surface area contributed by atoms with E-state index < -0.39 is 5.82 Å². The van der Waals surface area contributed by atoms with Crippen molar-refractivity contribution in [3.63, 3.8) is 0 Å². The van der Waals surface area contributed by atoms with Crippen LogP contribution in [0.3, 0.4) is 0 Å². The third kappa shape index (κ3) is 4.06. The van der Waals surface area contributed by atoms with E-state index in [1.54, 1.807) is 30.6 Å². The largest absolute Gasteiger partial charge is 0.348 e. The summed E-state index contributed by atoms with van der Waals surface area (Å²) in [6.07, 6.45) is 10.0. The molecule has 1 aromatic carbocycles. The molecule has 28 heavy (non-hydrogen) atoms. The van der Waals surface area contributed by atoms with Gasteiger partial charge in [-0.1, -0.05) is 6.07 Å². The fraction of sp³-hybridized carbons (Fsp3) is 0.250. The third-order valence-electron chi connectivity index (χ3n) is 4.66. The zero-order valence-corrected chi connectivity index (χ0v) is 16.9. The molecule has 144 valence electrons. The molecular formula is C20H19BrFN5O. The van der Waals surface area contributed by atoms with Crippen molar-refractivity contribution in [1.29, 1.82) is 0 Å². The molecule has 4 rings (SSSR count). The van der Waals surface area contributed by atoms with Crippen molar-refractivity contribution in [2.75, 3.05) is 0 Å². The number of halogens is 2. The highest BCUT2D eigenvalue weighted by molar-refractivity contribution is 9.10. The smallest absolute Gasteiger partial charge is 0.244 e. The number of fused-ring (bicyclic) bond motifs is 1. The maximum absolute atomic E-state index is 14.4. The molecule has 0 fully saturated rings. The van der Waals surface area contributed by atoms with Crippen molar-refractivity contribution in [3.05, 3.63) is 70.2 Å². The lowest BCUT2D eigenvalue weighted by Gasteiger charge is -2.24. The molecule has 0 spiro atoms. The Hall–Kier alpha value is -2.74. The Morgan fingerprint density at radius 2 is 2.25 bits per heavy atom. The summed E-state index contributed by atoms with van der Waals surface area (Å²) in [4.78, 5) is 16.7. The lowest BCUT2D eigenvalue weighted by atomic mass is 10.1. The summed E-state index contributed by atoms with van der Waals surface area (Å²) >= 11 is 3.29. The standard InChI is InChI=1S/C20H19BrFN5O/c1-13-10-26-12-16(4-6-19(26)24-13)25-20(28)7-3-14-2-5-18(17(22)8-14)27-11-15(21)9-23-27/h2-3,5,7-11,16H,4,6,12H2,1H3,(H,25,28)/b7-3+. The number of aromatic nitrogens is 4. The summed E-state index contributed by atoms with van der Waals surface area (Å²) in [5.74, 6) is 0.470. The normalized spacial score (nSPS) is 16.3. The first-order chi connectivity index (χ1) is 13.5. The maximum Gasteiger partial charge on any atom is 0.244 e. The molecule has 2 aromatic heterocycles. The molecule has 1 amide bonds. The van der Waals surface area contributed by atoms with Gasteiger partial charge in [-0.2, -0.15) is 5.10 Å². The van der Waals surface area contributed by atoms with Crippen LogP contribution in [0.5, 0.6) is 0 Å². The van der Waals surface area contributed by atoms with Gasteiger partial charge in [0, 0.05) is 37.5 Å². The predicted octanol–water partition coefficient (Wildman–Crippen LogP) is 3.42. The number of nitrogens with one attached hydrogen (secondary N) is 1. The van der Waals surface area contributed by atoms with Gasteiger partial charge in [0.2, 0.25) is 5.91 Å². The molecule has 0 bridgehead atoms. The molecule has 1 atom stereocenters. The number of imidazole rings is 1. The van der Waals surface area contributed by atoms with Gasteiger partial charge in [0.15, 0.2) is 0 Å². The maximum atomic E-state index is 14.4. The van der Waals surface area contributed by atoms with E-state index in [-0.39, 0.29) is 11.9 Å². The summed E-state index contributed by atoms with van der Waals surface area (Å²) < 4.78 is 18.7. The Bertz CT molecular complexity index is 1050. The monoisotopic (exact) mass is 443 g/mol. The summed E-state index contributed by atoms with van der Waals surface area (Å²) in [7, 11) is 0. The second kappa shape index (κ2) is 7.71. The van der Waals surface area contributed by atoms with Gasteiger partial charge in [-0.05, 0) is 53.0 Å². The van der Waals surface area contributed by atoms with Crippen LogP contribution in [0.25, 0.3) is 11.8 Å². The van der Waals surface area contributed by atoms with Crippen LogP contribution in [0.1, 0.15) is 23.5 Å². The first-order valence-electron chi connectivity index (χ1n) is 8.99. The number of hydrogen-bond donors (Lipinski definition) is 1. The highest BCUT2D eigenvalue weighted by atomic mass is 79.9. The number of hydrogen-bond acceptors (Lipinski definition) is 3. The van der Waals surface area contributed by atoms with E-state index in [0.717, 1.165) is 35.4 Å². The van der Waals surface area contributed by atoms with Crippen molar-refractivity contribution in [1.82, 2.24) is 24.6 Å². The van der Waals surface area contributed by atoms with Crippen molar-refractivity contribution in [3.8, 4) is 5.69 Å². The average Bonchev–Trinajstić information content (AvgIpc) is 3.24. The first-order valence-corrected chi connectivity index (χ1v) is 9.78. The molecular weight excluding hydrogens is 425 g/mol. The summed E-state index contributed by atoms with van der Waals surface area (Å²) in [5, 5.41) is 7.08. The van der Waals surface area contributed by atoms with Crippen LogP contribution >= 0.6 is 15.9 Å². The summed E-state index contributed by atoms with van der Waals surface area (Å²) in [6, 6.07) is 4.83. The molecule has 3 heterocycles. The average molecular weight is 444 g/mol. The van der Waals surface area contributed by atoms with Crippen LogP contribution in [-0.4, -0.2) is 31.3 Å². The molecule has 0 saturated heterocycles. The topological polar surface area (TPSA) is 64.7 Å². The quantitative estimate of drug-likeness (QED) is 0.628. The Balaban J connectivity index is 1.39. The Kier molecular flexibility index (Phi) is 5.13. The second-order valence-electron chi connectivity index (χ2n) is 6.84. The van der Waals surface area contributed by atoms with Crippen LogP contribution in [0.4, 0.5) is 4.39 Å². The fourth-order valence-corrected chi connectivity index (χ4v) is 3.66. The second-order valence-corrected chi connectivity index (χ2v) is 7.76. The van der Waals surface area contributed by atoms with Gasteiger partial charge in [0.05, 0.1) is 16.4 Å². The number of carbonyl (C=O) groups is 1. The van der Waals surface area contributed by atoms with E-state index in [1.165, 1.54) is 16.8 Å². The fourth-order valence-electron chi connectivity index (χ4n) is 3.37. The molecule has 0 radical (unpaired) electrons. The number of amides is 1. The Labute approximate surface area is 170 Å². The molecule has 1 unspecified atom stereocenters. The van der Waals surface area contributed by atoms with Gasteiger partial charge in [-0.25, -0.2) is 14.1 Å². The number of nitrogens with zero attached hydrogens (tertiary/aromatic N) is 4. The van der Waals surface area contributed by atoms with Gasteiger partial charge >= 0.3 is 0 Å². The Morgan fingerprint density at radius 1 is 1.39 bits per heavy atom. The lowest BCUT2D eigenvalue weighted by molar-refractivity contribution is -0.117. The zero-order valence-electron chi connectivity index (χ0n) is 15.3. The van der Waals surface area contributed by atoms with Crippen LogP contribution < -0.4 is 5.32 Å². The highest BCUT2D eigenvalue weighted by Crippen LogP contribution is 2.18. The minimum atomic E-state index is -0.409. The van der Waals surface area contributed by atoms with Crippen LogP contribution in [0.15, 0.2) is 47.3 Å². The third-order valence-corrected chi connectivity index (χ3v) is 5.07. The summed E-state index contributed by atoms with van der Waals surface area (Å²) in [5.41, 5.74) is 1.95. The molecule has 3 aromatic rings. The number of carbonyl (C=O) groups excluding carboxylic acids is 1. The Morgan fingerprint density at radius 3 is 3.00 bits per heavy atom. The lowest BCUT2D eigenvalue weighted by Crippen LogP contribution is -2.40. The van der Waals surface area contributed by atoms with Crippen molar-refractivity contribution < 1.29 is 9.18 Å². The van der Waals surface area contributed by atoms with Crippen LogP contribution in [0.2, 0.25) is 0 Å². The van der Waals surface area contributed by atoms with Gasteiger partial charge in [-0.15, -0.1) is 0 Å². The summed E-state index contributed by atoms with van der Waals surface area (Å²) in [6.45, 7) is 2.69. The van der Waals surface area contributed by atoms with Crippen molar-refractivity contribution in [2.24, 2.45) is 0 Å². The van der Waals surface area contributed by atoms with Crippen LogP contribution in [-0.2, 0) is 17.8 Å². The molecule has 0 aliphatic carbocycles. The molecule has 1 aliphatic rings. The molecule has 1 aliphatic heterocycles. The molecule has 0 saturated carbocycles. The van der Waals surface area contributed by atoms with Crippen LogP contribution in [0, 0.1) is 12.7 Å². The molecule has 1 N–H and O–H groups in total. The van der Waals surface area contributed by atoms with Gasteiger partial charge < -0.3 is 9.88 Å². The van der Waals surface area contributed by atoms with E-state index in [2.05, 4.69) is 35.9 Å². The van der Waals surface area contributed by atoms with Gasteiger partial charge in [0.1, 0.15) is 17.3 Å². The molecule has 6 nitrogen and oxygen atoms in total. The zero-order chi connectivity index (χ0) is 19.7. The van der Waals surface area contributed by atoms with Gasteiger partial charge in [-0.3, -0.25) is 4.79 Å². The van der Waals surface area contributed by atoms with E-state index in [4.69, 9.17) is 0 Å². The van der Waals surface area contributed by atoms with E-state index in [9.17, 15) is 9.18 Å². The number of benzene rings is 1.